The third-order valence-corrected chi connectivity index (χ3v) is 22.9. The number of hydrogen-bond acceptors (Lipinski definition) is 0. The van der Waals surface area contributed by atoms with E-state index < -0.39 is 23.4 Å². The third kappa shape index (κ3) is 9.13. The first kappa shape index (κ1) is 32.2. The molecule has 0 N–H and O–H groups in total. The first-order valence-electron chi connectivity index (χ1n) is 14.1. The van der Waals surface area contributed by atoms with Gasteiger partial charge >= 0.3 is 111 Å². The van der Waals surface area contributed by atoms with Gasteiger partial charge in [-0.2, -0.15) is 45.5 Å². The molecule has 0 bridgehead atoms. The molecule has 42 heavy (non-hydrogen) atoms. The molecule has 4 heteroatoms. The summed E-state index contributed by atoms with van der Waals surface area (Å²) in [6, 6.07) is 50.8. The average molecular weight is 683 g/mol. The van der Waals surface area contributed by atoms with E-state index in [1.165, 1.54) is 54.9 Å². The Balaban J connectivity index is 0.000000146. The van der Waals surface area contributed by atoms with E-state index in [1.807, 2.05) is 12.1 Å². The minimum absolute atomic E-state index is 0.889. The summed E-state index contributed by atoms with van der Waals surface area (Å²) in [4.78, 5) is 0. The molecular formula is C38H36Cl2SiZr-2. The van der Waals surface area contributed by atoms with Crippen LogP contribution in [0.25, 0.3) is 22.3 Å². The second-order valence-electron chi connectivity index (χ2n) is 10.4. The van der Waals surface area contributed by atoms with Crippen LogP contribution in [0, 0.1) is 27.7 Å². The first-order chi connectivity index (χ1) is 20.3. The zero-order valence-corrected chi connectivity index (χ0v) is 29.6. The Morgan fingerprint density at radius 1 is 0.476 bits per heavy atom. The predicted molar refractivity (Wildman–Crippen MR) is 184 cm³/mol. The van der Waals surface area contributed by atoms with E-state index >= 15 is 0 Å². The van der Waals surface area contributed by atoms with Gasteiger partial charge < -0.3 is 0 Å². The van der Waals surface area contributed by atoms with Crippen LogP contribution in [0.15, 0.2) is 146 Å². The SMILES string of the molecule is Cc1cc(-c2ccccc2)c(C)[cH-]1.Cc1cc(-c2ccccc2)c(C)[cH-]1.[Cl][Zr]([Cl])=[Si](c1ccccc1)c1ccccc1. The first-order valence-corrected chi connectivity index (χ1v) is 25.6. The maximum absolute atomic E-state index is 6.32. The van der Waals surface area contributed by atoms with Gasteiger partial charge in [-0.25, -0.2) is 12.1 Å². The van der Waals surface area contributed by atoms with E-state index in [2.05, 4.69) is 161 Å². The predicted octanol–water partition coefficient (Wildman–Crippen LogP) is 10.1. The van der Waals surface area contributed by atoms with E-state index in [0.29, 0.717) is 0 Å². The maximum atomic E-state index is 6.32. The van der Waals surface area contributed by atoms with Crippen LogP contribution < -0.4 is 10.4 Å². The summed E-state index contributed by atoms with van der Waals surface area (Å²) in [5, 5.41) is 2.66. The molecule has 6 rings (SSSR count). The summed E-state index contributed by atoms with van der Waals surface area (Å²) in [5.41, 5.74) is 9.87. The fraction of sp³-hybridized carbons (Fsp3) is 0.105. The van der Waals surface area contributed by atoms with Gasteiger partial charge in [-0.15, -0.1) is 0 Å². The molecule has 0 heterocycles. The van der Waals surface area contributed by atoms with E-state index in [1.54, 1.807) is 0 Å². The van der Waals surface area contributed by atoms with Crippen molar-refractivity contribution < 1.29 is 18.0 Å². The summed E-state index contributed by atoms with van der Waals surface area (Å²) in [5.74, 6) is 0. The van der Waals surface area contributed by atoms with Gasteiger partial charge in [0.25, 0.3) is 0 Å². The zero-order valence-electron chi connectivity index (χ0n) is 24.6. The van der Waals surface area contributed by atoms with Crippen LogP contribution in [-0.2, 0) is 18.0 Å². The van der Waals surface area contributed by atoms with Crippen LogP contribution in [0.1, 0.15) is 22.3 Å². The quantitative estimate of drug-likeness (QED) is 0.128. The number of benzene rings is 4. The molecule has 0 amide bonds. The fourth-order valence-corrected chi connectivity index (χ4v) is 20.3. The van der Waals surface area contributed by atoms with Gasteiger partial charge in [0.2, 0.25) is 0 Å². The van der Waals surface area contributed by atoms with Gasteiger partial charge in [-0.1, -0.05) is 99.5 Å². The number of rotatable bonds is 4. The molecule has 0 nitrogen and oxygen atoms in total. The van der Waals surface area contributed by atoms with Crippen molar-refractivity contribution in [2.24, 2.45) is 0 Å². The molecule has 0 aliphatic carbocycles. The molecule has 0 saturated heterocycles. The van der Waals surface area contributed by atoms with Crippen LogP contribution >= 0.6 is 17.0 Å². The number of halogens is 2. The van der Waals surface area contributed by atoms with E-state index in [0.717, 1.165) is 0 Å². The van der Waals surface area contributed by atoms with Crippen molar-refractivity contribution in [2.45, 2.75) is 27.7 Å². The van der Waals surface area contributed by atoms with E-state index in [4.69, 9.17) is 17.0 Å². The molecule has 0 spiro atoms. The molecular weight excluding hydrogens is 647 g/mol. The number of hydrogen-bond donors (Lipinski definition) is 0. The second-order valence-corrected chi connectivity index (χ2v) is 29.6. The Morgan fingerprint density at radius 3 is 1.05 bits per heavy atom. The van der Waals surface area contributed by atoms with Crippen molar-refractivity contribution >= 4 is 32.8 Å². The Morgan fingerprint density at radius 2 is 0.786 bits per heavy atom. The summed E-state index contributed by atoms with van der Waals surface area (Å²) < 4.78 is 0. The second kappa shape index (κ2) is 16.2. The standard InChI is InChI=1S/2C13H13.C12H10Si.2ClH.Zr/c2*1-10-8-11(2)13(9-10)12-6-4-3-5-7-12;1-3-7-11(8-4-1)13-12-9-5-2-6-10-12;;;/h2*3-9H,1-2H3;1-10H;2*1H;/q2*-1;;;;+2/p-2. The van der Waals surface area contributed by atoms with Crippen molar-refractivity contribution in [1.29, 1.82) is 0 Å². The topological polar surface area (TPSA) is 0 Å². The normalized spacial score (nSPS) is 10.1. The Bertz CT molecular complexity index is 1570. The van der Waals surface area contributed by atoms with Gasteiger partial charge in [0, 0.05) is 0 Å². The molecule has 0 radical (unpaired) electrons. The number of aryl methyl sites for hydroxylation is 4. The molecule has 0 aromatic heterocycles. The van der Waals surface area contributed by atoms with Gasteiger partial charge in [0.15, 0.2) is 0 Å². The third-order valence-electron chi connectivity index (χ3n) is 6.97. The van der Waals surface area contributed by atoms with Gasteiger partial charge in [-0.05, 0) is 0 Å². The molecule has 0 fully saturated rings. The monoisotopic (exact) mass is 680 g/mol. The van der Waals surface area contributed by atoms with Crippen molar-refractivity contribution in [3.63, 3.8) is 0 Å². The van der Waals surface area contributed by atoms with Crippen molar-refractivity contribution in [2.75, 3.05) is 0 Å². The Kier molecular flexibility index (Phi) is 12.4. The van der Waals surface area contributed by atoms with E-state index in [9.17, 15) is 0 Å². The molecule has 0 aliphatic rings. The summed E-state index contributed by atoms with van der Waals surface area (Å²) in [6.45, 7) is 8.60. The fourth-order valence-electron chi connectivity index (χ4n) is 5.06. The molecule has 0 atom stereocenters. The zero-order chi connectivity index (χ0) is 29.9. The van der Waals surface area contributed by atoms with Crippen LogP contribution in [0.4, 0.5) is 0 Å². The Hall–Kier alpha value is -2.74. The average Bonchev–Trinajstić information content (AvgIpc) is 3.54. The summed E-state index contributed by atoms with van der Waals surface area (Å²) in [6.07, 6.45) is 0. The molecule has 212 valence electrons. The van der Waals surface area contributed by atoms with Gasteiger partial charge in [0.1, 0.15) is 0 Å². The molecule has 0 unspecified atom stereocenters. The molecule has 0 saturated carbocycles. The van der Waals surface area contributed by atoms with Gasteiger partial charge in [-0.3, -0.25) is 0 Å². The van der Waals surface area contributed by atoms with E-state index in [-0.39, 0.29) is 0 Å². The van der Waals surface area contributed by atoms with Crippen molar-refractivity contribution in [1.82, 2.24) is 0 Å². The molecule has 6 aromatic rings. The molecule has 0 aliphatic heterocycles. The van der Waals surface area contributed by atoms with Crippen LogP contribution in [0.3, 0.4) is 0 Å². The van der Waals surface area contributed by atoms with Crippen LogP contribution in [0.5, 0.6) is 0 Å². The van der Waals surface area contributed by atoms with Crippen molar-refractivity contribution in [3.05, 3.63) is 168 Å². The summed E-state index contributed by atoms with van der Waals surface area (Å²) >= 11 is -2.26. The van der Waals surface area contributed by atoms with Gasteiger partial charge in [0.05, 0.1) is 0 Å². The van der Waals surface area contributed by atoms with Crippen LogP contribution in [-0.4, -0.2) is 5.43 Å². The summed E-state index contributed by atoms with van der Waals surface area (Å²) in [7, 11) is 12.6. The van der Waals surface area contributed by atoms with Crippen molar-refractivity contribution in [3.8, 4) is 22.3 Å². The molecule has 6 aromatic carbocycles. The Labute approximate surface area is 266 Å². The minimum atomic E-state index is -2.26. The van der Waals surface area contributed by atoms with Crippen LogP contribution in [0.2, 0.25) is 0 Å².